The Kier molecular flexibility index (Phi) is 4.34. The topological polar surface area (TPSA) is 49.8 Å². The number of nitrogens with zero attached hydrogens (tertiary/aromatic N) is 2. The molecule has 0 saturated heterocycles. The van der Waals surface area contributed by atoms with Gasteiger partial charge in [0.25, 0.3) is 0 Å². The smallest absolute Gasteiger partial charge is 0.136 e. The number of aromatic nitrogens is 2. The molecule has 1 heterocycles. The van der Waals surface area contributed by atoms with Crippen molar-refractivity contribution in [1.82, 2.24) is 9.97 Å². The van der Waals surface area contributed by atoms with Crippen LogP contribution in [0, 0.1) is 0 Å². The second-order valence-electron chi connectivity index (χ2n) is 5.75. The summed E-state index contributed by atoms with van der Waals surface area (Å²) < 4.78 is 0. The summed E-state index contributed by atoms with van der Waals surface area (Å²) in [5, 5.41) is 7.60. The van der Waals surface area contributed by atoms with Crippen molar-refractivity contribution in [3.63, 3.8) is 0 Å². The highest BCUT2D eigenvalue weighted by Gasteiger charge is 2.28. The van der Waals surface area contributed by atoms with Crippen molar-refractivity contribution in [2.24, 2.45) is 0 Å². The van der Waals surface area contributed by atoms with Crippen LogP contribution in [-0.4, -0.2) is 34.1 Å². The van der Waals surface area contributed by atoms with Crippen molar-refractivity contribution < 1.29 is 0 Å². The summed E-state index contributed by atoms with van der Waals surface area (Å²) >= 11 is 2.09. The van der Waals surface area contributed by atoms with E-state index >= 15 is 0 Å². The van der Waals surface area contributed by atoms with Crippen LogP contribution in [0.1, 0.15) is 50.8 Å². The Morgan fingerprint density at radius 2 is 2.00 bits per heavy atom. The lowest BCUT2D eigenvalue weighted by Crippen LogP contribution is -2.18. The Hall–Kier alpha value is -0.970. The molecule has 0 aromatic carbocycles. The molecule has 2 N–H and O–H groups in total. The second-order valence-corrected chi connectivity index (χ2v) is 7.33. The first-order valence-corrected chi connectivity index (χ1v) is 8.78. The van der Waals surface area contributed by atoms with E-state index in [1.54, 1.807) is 0 Å². The van der Waals surface area contributed by atoms with Crippen molar-refractivity contribution >= 4 is 23.4 Å². The largest absolute Gasteiger partial charge is 0.373 e. The summed E-state index contributed by atoms with van der Waals surface area (Å²) in [6.07, 6.45) is 6.33. The van der Waals surface area contributed by atoms with Crippen molar-refractivity contribution in [2.75, 3.05) is 23.4 Å². The van der Waals surface area contributed by atoms with Crippen LogP contribution in [-0.2, 0) is 0 Å². The molecule has 5 heteroatoms. The van der Waals surface area contributed by atoms with Gasteiger partial charge in [-0.2, -0.15) is 11.8 Å². The molecular weight excluding hydrogens is 268 g/mol. The van der Waals surface area contributed by atoms with E-state index in [-0.39, 0.29) is 0 Å². The average Bonchev–Trinajstić information content (AvgIpc) is 3.22. The fourth-order valence-corrected chi connectivity index (χ4v) is 4.00. The van der Waals surface area contributed by atoms with Gasteiger partial charge in [-0.1, -0.05) is 6.92 Å². The minimum absolute atomic E-state index is 0.575. The molecule has 1 aromatic heterocycles. The van der Waals surface area contributed by atoms with E-state index in [1.165, 1.54) is 37.9 Å². The van der Waals surface area contributed by atoms with Gasteiger partial charge in [0.15, 0.2) is 0 Å². The molecule has 2 saturated carbocycles. The average molecular weight is 292 g/mol. The Morgan fingerprint density at radius 1 is 1.20 bits per heavy atom. The third kappa shape index (κ3) is 3.37. The minimum atomic E-state index is 0.575. The Bertz CT molecular complexity index is 461. The van der Waals surface area contributed by atoms with Gasteiger partial charge < -0.3 is 10.6 Å². The van der Waals surface area contributed by atoms with Crippen LogP contribution >= 0.6 is 11.8 Å². The maximum absolute atomic E-state index is 4.71. The SMILES string of the molecule is CCSC1CCC(Nc2cc(NC)nc(C3CC3)n2)C1. The molecule has 4 nitrogen and oxygen atoms in total. The summed E-state index contributed by atoms with van der Waals surface area (Å²) in [7, 11) is 1.92. The zero-order valence-corrected chi connectivity index (χ0v) is 13.2. The van der Waals surface area contributed by atoms with Gasteiger partial charge in [0.05, 0.1) is 0 Å². The van der Waals surface area contributed by atoms with Crippen LogP contribution in [0.4, 0.5) is 11.6 Å². The number of hydrogen-bond acceptors (Lipinski definition) is 5. The molecule has 0 bridgehead atoms. The standard InChI is InChI=1S/C15H24N4S/c1-3-20-12-7-6-11(8-12)17-14-9-13(16-2)18-15(19-14)10-4-5-10/h9-12H,3-8H2,1-2H3,(H2,16,17,18,19). The lowest BCUT2D eigenvalue weighted by Gasteiger charge is -2.15. The zero-order valence-electron chi connectivity index (χ0n) is 12.4. The lowest BCUT2D eigenvalue weighted by molar-refractivity contribution is 0.748. The first-order chi connectivity index (χ1) is 9.78. The molecule has 0 spiro atoms. The molecule has 0 aliphatic heterocycles. The fraction of sp³-hybridized carbons (Fsp3) is 0.733. The molecule has 1 aromatic rings. The highest BCUT2D eigenvalue weighted by atomic mass is 32.2. The van der Waals surface area contributed by atoms with Gasteiger partial charge in [-0.25, -0.2) is 9.97 Å². The minimum Gasteiger partial charge on any atom is -0.373 e. The van der Waals surface area contributed by atoms with Crippen LogP contribution in [0.2, 0.25) is 0 Å². The summed E-state index contributed by atoms with van der Waals surface area (Å²) in [4.78, 5) is 9.28. The van der Waals surface area contributed by atoms with E-state index in [1.807, 2.05) is 13.1 Å². The molecule has 2 atom stereocenters. The highest BCUT2D eigenvalue weighted by Crippen LogP contribution is 2.39. The van der Waals surface area contributed by atoms with Crippen molar-refractivity contribution in [3.8, 4) is 0 Å². The van der Waals surface area contributed by atoms with Gasteiger partial charge in [-0.3, -0.25) is 0 Å². The maximum Gasteiger partial charge on any atom is 0.136 e. The number of anilines is 2. The Balaban J connectivity index is 1.66. The molecule has 20 heavy (non-hydrogen) atoms. The van der Waals surface area contributed by atoms with E-state index in [2.05, 4.69) is 34.3 Å². The van der Waals surface area contributed by atoms with Crippen LogP contribution < -0.4 is 10.6 Å². The quantitative estimate of drug-likeness (QED) is 0.840. The van der Waals surface area contributed by atoms with Crippen LogP contribution in [0.5, 0.6) is 0 Å². The molecular formula is C15H24N4S. The number of thioether (sulfide) groups is 1. The van der Waals surface area contributed by atoms with E-state index in [4.69, 9.17) is 4.98 Å². The number of nitrogens with one attached hydrogen (secondary N) is 2. The molecule has 2 unspecified atom stereocenters. The number of hydrogen-bond donors (Lipinski definition) is 2. The predicted molar refractivity (Wildman–Crippen MR) is 86.7 cm³/mol. The molecule has 2 fully saturated rings. The van der Waals surface area contributed by atoms with Crippen molar-refractivity contribution in [1.29, 1.82) is 0 Å². The van der Waals surface area contributed by atoms with Gasteiger partial charge in [-0.15, -0.1) is 0 Å². The maximum atomic E-state index is 4.71. The number of rotatable bonds is 6. The van der Waals surface area contributed by atoms with Crippen LogP contribution in [0.25, 0.3) is 0 Å². The van der Waals surface area contributed by atoms with Gasteiger partial charge >= 0.3 is 0 Å². The molecule has 0 radical (unpaired) electrons. The summed E-state index contributed by atoms with van der Waals surface area (Å²) in [6.45, 7) is 2.25. The van der Waals surface area contributed by atoms with Crippen LogP contribution in [0.3, 0.4) is 0 Å². The fourth-order valence-electron chi connectivity index (χ4n) is 2.86. The Morgan fingerprint density at radius 3 is 2.70 bits per heavy atom. The van der Waals surface area contributed by atoms with E-state index in [0.29, 0.717) is 12.0 Å². The first kappa shape index (κ1) is 14.0. The van der Waals surface area contributed by atoms with E-state index in [0.717, 1.165) is 22.7 Å². The highest BCUT2D eigenvalue weighted by molar-refractivity contribution is 7.99. The van der Waals surface area contributed by atoms with Crippen molar-refractivity contribution in [2.45, 2.75) is 56.2 Å². The van der Waals surface area contributed by atoms with Gasteiger partial charge in [0.2, 0.25) is 0 Å². The third-order valence-electron chi connectivity index (χ3n) is 4.08. The molecule has 3 rings (SSSR count). The summed E-state index contributed by atoms with van der Waals surface area (Å²) in [5.74, 6) is 4.76. The van der Waals surface area contributed by atoms with E-state index < -0.39 is 0 Å². The van der Waals surface area contributed by atoms with E-state index in [9.17, 15) is 0 Å². The summed E-state index contributed by atoms with van der Waals surface area (Å²) in [6, 6.07) is 2.61. The second kappa shape index (κ2) is 6.20. The lowest BCUT2D eigenvalue weighted by atomic mass is 10.2. The van der Waals surface area contributed by atoms with Gasteiger partial charge in [0.1, 0.15) is 17.5 Å². The predicted octanol–water partition coefficient (Wildman–Crippen LogP) is 3.48. The molecule has 2 aliphatic rings. The summed E-state index contributed by atoms with van der Waals surface area (Å²) in [5.41, 5.74) is 0. The third-order valence-corrected chi connectivity index (χ3v) is 5.31. The first-order valence-electron chi connectivity index (χ1n) is 7.73. The monoisotopic (exact) mass is 292 g/mol. The Labute approximate surface area is 125 Å². The molecule has 2 aliphatic carbocycles. The normalized spacial score (nSPS) is 25.7. The molecule has 110 valence electrons. The van der Waals surface area contributed by atoms with Gasteiger partial charge in [0, 0.05) is 30.3 Å². The van der Waals surface area contributed by atoms with Crippen molar-refractivity contribution in [3.05, 3.63) is 11.9 Å². The zero-order chi connectivity index (χ0) is 13.9. The van der Waals surface area contributed by atoms with Crippen LogP contribution in [0.15, 0.2) is 6.07 Å². The van der Waals surface area contributed by atoms with Gasteiger partial charge in [-0.05, 0) is 37.9 Å². The molecule has 0 amide bonds.